The molecule has 1 aromatic carbocycles. The number of carbonyl (C=O) groups is 1. The Kier molecular flexibility index (Phi) is 3.57. The fourth-order valence-corrected chi connectivity index (χ4v) is 2.96. The molecule has 0 fully saturated rings. The summed E-state index contributed by atoms with van der Waals surface area (Å²) in [6, 6.07) is 11.8. The lowest BCUT2D eigenvalue weighted by Gasteiger charge is -2.28. The van der Waals surface area contributed by atoms with E-state index in [1.165, 1.54) is 12.1 Å². The second-order valence-corrected chi connectivity index (χ2v) is 5.66. The summed E-state index contributed by atoms with van der Waals surface area (Å²) in [5.41, 5.74) is 2.09. The molecule has 2 aromatic heterocycles. The van der Waals surface area contributed by atoms with Crippen LogP contribution in [-0.2, 0) is 13.1 Å². The molecule has 0 saturated heterocycles. The zero-order chi connectivity index (χ0) is 16.5. The van der Waals surface area contributed by atoms with Crippen molar-refractivity contribution in [3.05, 3.63) is 72.2 Å². The molecule has 0 bridgehead atoms. The summed E-state index contributed by atoms with van der Waals surface area (Å²) in [5, 5.41) is 0. The first-order chi connectivity index (χ1) is 11.7. The van der Waals surface area contributed by atoms with Crippen LogP contribution in [0.1, 0.15) is 16.3 Å². The van der Waals surface area contributed by atoms with Crippen LogP contribution in [0.25, 0.3) is 11.3 Å². The maximum absolute atomic E-state index is 13.5. The van der Waals surface area contributed by atoms with Crippen LogP contribution in [0, 0.1) is 5.82 Å². The molecular formula is C18H15FN4O. The van der Waals surface area contributed by atoms with Crippen molar-refractivity contribution in [2.24, 2.45) is 0 Å². The van der Waals surface area contributed by atoms with Crippen molar-refractivity contribution in [3.63, 3.8) is 0 Å². The fourth-order valence-electron chi connectivity index (χ4n) is 2.96. The van der Waals surface area contributed by atoms with Gasteiger partial charge in [0.15, 0.2) is 0 Å². The normalized spacial score (nSPS) is 13.6. The molecule has 5 nitrogen and oxygen atoms in total. The van der Waals surface area contributed by atoms with Gasteiger partial charge in [0.2, 0.25) is 0 Å². The number of hydrogen-bond acceptors (Lipinski definition) is 3. The molecule has 3 aromatic rings. The van der Waals surface area contributed by atoms with Gasteiger partial charge in [-0.15, -0.1) is 0 Å². The Balaban J connectivity index is 1.60. The van der Waals surface area contributed by atoms with Crippen LogP contribution in [-0.4, -0.2) is 31.9 Å². The van der Waals surface area contributed by atoms with Gasteiger partial charge in [0, 0.05) is 24.8 Å². The minimum absolute atomic E-state index is 0.0999. The van der Waals surface area contributed by atoms with E-state index in [4.69, 9.17) is 0 Å². The van der Waals surface area contributed by atoms with E-state index in [1.54, 1.807) is 41.6 Å². The molecule has 3 heterocycles. The Hall–Kier alpha value is -3.02. The summed E-state index contributed by atoms with van der Waals surface area (Å²) in [6.45, 7) is 1.62. The first-order valence-corrected chi connectivity index (χ1v) is 7.73. The minimum Gasteiger partial charge on any atom is -0.328 e. The zero-order valence-corrected chi connectivity index (χ0v) is 12.9. The second-order valence-electron chi connectivity index (χ2n) is 5.66. The largest absolute Gasteiger partial charge is 0.328 e. The van der Waals surface area contributed by atoms with Crippen LogP contribution in [0.15, 0.2) is 54.9 Å². The van der Waals surface area contributed by atoms with Gasteiger partial charge in [0.25, 0.3) is 5.91 Å². The molecule has 0 atom stereocenters. The van der Waals surface area contributed by atoms with Gasteiger partial charge in [0.05, 0.1) is 18.4 Å². The van der Waals surface area contributed by atoms with E-state index in [-0.39, 0.29) is 11.7 Å². The number of amides is 1. The highest BCUT2D eigenvalue weighted by atomic mass is 19.1. The van der Waals surface area contributed by atoms with E-state index < -0.39 is 0 Å². The molecule has 1 amide bonds. The Morgan fingerprint density at radius 1 is 1.08 bits per heavy atom. The van der Waals surface area contributed by atoms with Crippen LogP contribution in [0.4, 0.5) is 4.39 Å². The van der Waals surface area contributed by atoms with Gasteiger partial charge < -0.3 is 9.47 Å². The first-order valence-electron chi connectivity index (χ1n) is 7.73. The van der Waals surface area contributed by atoms with Crippen molar-refractivity contribution < 1.29 is 9.18 Å². The molecule has 1 aliphatic heterocycles. The van der Waals surface area contributed by atoms with Crippen LogP contribution < -0.4 is 0 Å². The molecule has 0 aliphatic carbocycles. The fraction of sp³-hybridized carbons (Fsp3) is 0.167. The first kappa shape index (κ1) is 14.6. The van der Waals surface area contributed by atoms with Gasteiger partial charge in [-0.05, 0) is 24.3 Å². The summed E-state index contributed by atoms with van der Waals surface area (Å²) in [6.07, 6.45) is 3.35. The van der Waals surface area contributed by atoms with E-state index in [0.29, 0.717) is 25.3 Å². The lowest BCUT2D eigenvalue weighted by Crippen LogP contribution is -2.38. The van der Waals surface area contributed by atoms with Crippen molar-refractivity contribution >= 4 is 5.91 Å². The second kappa shape index (κ2) is 5.88. The van der Waals surface area contributed by atoms with E-state index >= 15 is 0 Å². The van der Waals surface area contributed by atoms with Crippen molar-refractivity contribution in [1.29, 1.82) is 0 Å². The van der Waals surface area contributed by atoms with Gasteiger partial charge in [-0.3, -0.25) is 9.78 Å². The number of nitrogens with zero attached hydrogens (tertiary/aromatic N) is 4. The number of fused-ring (bicyclic) bond motifs is 1. The average molecular weight is 322 g/mol. The lowest BCUT2D eigenvalue weighted by molar-refractivity contribution is 0.0702. The van der Waals surface area contributed by atoms with E-state index in [9.17, 15) is 9.18 Å². The van der Waals surface area contributed by atoms with Crippen LogP contribution >= 0.6 is 0 Å². The maximum atomic E-state index is 13.5. The smallest absolute Gasteiger partial charge is 0.272 e. The Labute approximate surface area is 138 Å². The third kappa shape index (κ3) is 2.56. The number of imidazole rings is 1. The van der Waals surface area contributed by atoms with Crippen molar-refractivity contribution in [2.45, 2.75) is 13.1 Å². The molecule has 1 aliphatic rings. The number of halogens is 1. The summed E-state index contributed by atoms with van der Waals surface area (Å²) in [4.78, 5) is 22.8. The Morgan fingerprint density at radius 3 is 2.79 bits per heavy atom. The number of aromatic nitrogens is 3. The summed E-state index contributed by atoms with van der Waals surface area (Å²) in [5.74, 6) is 0.424. The molecule has 0 saturated carbocycles. The number of carbonyl (C=O) groups excluding carboxylic acids is 1. The number of pyridine rings is 1. The van der Waals surface area contributed by atoms with E-state index in [1.807, 2.05) is 10.6 Å². The SMILES string of the molecule is O=C(c1ccccn1)N1CCn2c(-c3cccc(F)c3)cnc2C1. The van der Waals surface area contributed by atoms with Crippen molar-refractivity contribution in [2.75, 3.05) is 6.54 Å². The van der Waals surface area contributed by atoms with Crippen LogP contribution in [0.2, 0.25) is 0 Å². The number of benzene rings is 1. The van der Waals surface area contributed by atoms with Gasteiger partial charge >= 0.3 is 0 Å². The third-order valence-electron chi connectivity index (χ3n) is 4.16. The summed E-state index contributed by atoms with van der Waals surface area (Å²) < 4.78 is 15.5. The number of hydrogen-bond donors (Lipinski definition) is 0. The molecule has 0 unspecified atom stereocenters. The highest BCUT2D eigenvalue weighted by molar-refractivity contribution is 5.92. The van der Waals surface area contributed by atoms with Gasteiger partial charge in [0.1, 0.15) is 17.3 Å². The van der Waals surface area contributed by atoms with Gasteiger partial charge in [-0.25, -0.2) is 9.37 Å². The lowest BCUT2D eigenvalue weighted by atomic mass is 10.1. The van der Waals surface area contributed by atoms with E-state index in [0.717, 1.165) is 17.1 Å². The van der Waals surface area contributed by atoms with Crippen LogP contribution in [0.3, 0.4) is 0 Å². The summed E-state index contributed by atoms with van der Waals surface area (Å²) in [7, 11) is 0. The van der Waals surface area contributed by atoms with Crippen molar-refractivity contribution in [1.82, 2.24) is 19.4 Å². The van der Waals surface area contributed by atoms with Gasteiger partial charge in [-0.1, -0.05) is 18.2 Å². The quantitative estimate of drug-likeness (QED) is 0.729. The summed E-state index contributed by atoms with van der Waals surface area (Å²) >= 11 is 0. The number of rotatable bonds is 2. The maximum Gasteiger partial charge on any atom is 0.272 e. The molecule has 0 radical (unpaired) electrons. The topological polar surface area (TPSA) is 51.0 Å². The molecule has 4 rings (SSSR count). The van der Waals surface area contributed by atoms with Gasteiger partial charge in [-0.2, -0.15) is 0 Å². The minimum atomic E-state index is -0.272. The molecular weight excluding hydrogens is 307 g/mol. The predicted molar refractivity (Wildman–Crippen MR) is 86.6 cm³/mol. The molecule has 24 heavy (non-hydrogen) atoms. The average Bonchev–Trinajstić information content (AvgIpc) is 3.05. The molecule has 120 valence electrons. The molecule has 0 N–H and O–H groups in total. The highest BCUT2D eigenvalue weighted by Crippen LogP contribution is 2.25. The van der Waals surface area contributed by atoms with E-state index in [2.05, 4.69) is 9.97 Å². The standard InChI is InChI=1S/C18H15FN4O/c19-14-5-3-4-13(10-14)16-11-21-17-12-22(8-9-23(16)17)18(24)15-6-1-2-7-20-15/h1-7,10-11H,8-9,12H2. The zero-order valence-electron chi connectivity index (χ0n) is 12.9. The molecule has 0 spiro atoms. The van der Waals surface area contributed by atoms with Crippen LogP contribution in [0.5, 0.6) is 0 Å². The Bertz CT molecular complexity index is 891. The third-order valence-corrected chi connectivity index (χ3v) is 4.16. The monoisotopic (exact) mass is 322 g/mol. The van der Waals surface area contributed by atoms with Crippen molar-refractivity contribution in [3.8, 4) is 11.3 Å². The highest BCUT2D eigenvalue weighted by Gasteiger charge is 2.25. The Morgan fingerprint density at radius 2 is 2.00 bits per heavy atom. The predicted octanol–water partition coefficient (Wildman–Crippen LogP) is 2.74. The molecule has 6 heteroatoms.